The zero-order chi connectivity index (χ0) is 21.6. The van der Waals surface area contributed by atoms with Gasteiger partial charge < -0.3 is 10.6 Å². The molecular weight excluding hydrogens is 414 g/mol. The number of hydrogen-bond donors (Lipinski definition) is 3. The molecule has 7 nitrogen and oxygen atoms in total. The summed E-state index contributed by atoms with van der Waals surface area (Å²) in [4.78, 5) is 25.3. The van der Waals surface area contributed by atoms with Gasteiger partial charge in [-0.3, -0.25) is 14.3 Å². The molecule has 3 N–H and O–H groups in total. The lowest BCUT2D eigenvalue weighted by Crippen LogP contribution is -2.47. The molecule has 9 heteroatoms. The standard InChI is InChI=1S/C20H24ClN3O4S/c1-4-13(2)18(23-19(25)14-5-7-15(21)8-6-14)20(26)22-16-9-11-17(12-10-16)24-29(3,27)28/h5-13,18,24H,4H2,1-3H3,(H,22,26)(H,23,25)/t13-,18-/m0/s1. The fraction of sp³-hybridized carbons (Fsp3) is 0.300. The van der Waals surface area contributed by atoms with Gasteiger partial charge in [0.25, 0.3) is 5.91 Å². The lowest BCUT2D eigenvalue weighted by atomic mass is 9.97. The van der Waals surface area contributed by atoms with Crippen molar-refractivity contribution in [2.75, 3.05) is 16.3 Å². The maximum Gasteiger partial charge on any atom is 0.251 e. The van der Waals surface area contributed by atoms with E-state index in [-0.39, 0.29) is 17.7 Å². The Morgan fingerprint density at radius 1 is 1.00 bits per heavy atom. The maximum atomic E-state index is 12.8. The molecule has 0 radical (unpaired) electrons. The van der Waals surface area contributed by atoms with Crippen molar-refractivity contribution < 1.29 is 18.0 Å². The van der Waals surface area contributed by atoms with Crippen LogP contribution in [0.25, 0.3) is 0 Å². The van der Waals surface area contributed by atoms with Gasteiger partial charge in [-0.25, -0.2) is 8.42 Å². The molecule has 2 aromatic carbocycles. The topological polar surface area (TPSA) is 104 Å². The Hall–Kier alpha value is -2.58. The van der Waals surface area contributed by atoms with Gasteiger partial charge in [-0.1, -0.05) is 31.9 Å². The van der Waals surface area contributed by atoms with Crippen LogP contribution >= 0.6 is 11.6 Å². The number of nitrogens with one attached hydrogen (secondary N) is 3. The molecule has 2 rings (SSSR count). The Morgan fingerprint density at radius 3 is 2.07 bits per heavy atom. The molecule has 0 spiro atoms. The van der Waals surface area contributed by atoms with Gasteiger partial charge in [0.2, 0.25) is 15.9 Å². The number of hydrogen-bond acceptors (Lipinski definition) is 4. The van der Waals surface area contributed by atoms with E-state index in [1.165, 1.54) is 0 Å². The summed E-state index contributed by atoms with van der Waals surface area (Å²) >= 11 is 5.85. The summed E-state index contributed by atoms with van der Waals surface area (Å²) in [7, 11) is -3.38. The third-order valence-electron chi connectivity index (χ3n) is 4.34. The monoisotopic (exact) mass is 437 g/mol. The number of amides is 2. The second-order valence-corrected chi connectivity index (χ2v) is 8.97. The molecule has 0 aliphatic rings. The van der Waals surface area contributed by atoms with E-state index in [0.717, 1.165) is 6.26 Å². The van der Waals surface area contributed by atoms with E-state index < -0.39 is 16.1 Å². The summed E-state index contributed by atoms with van der Waals surface area (Å²) in [6.07, 6.45) is 1.75. The molecule has 0 saturated heterocycles. The molecule has 0 bridgehead atoms. The van der Waals surface area contributed by atoms with Crippen molar-refractivity contribution in [2.45, 2.75) is 26.3 Å². The summed E-state index contributed by atoms with van der Waals surface area (Å²) in [5, 5.41) is 6.06. The quantitative estimate of drug-likeness (QED) is 0.587. The first-order chi connectivity index (χ1) is 13.6. The highest BCUT2D eigenvalue weighted by atomic mass is 35.5. The van der Waals surface area contributed by atoms with Crippen molar-refractivity contribution in [3.8, 4) is 0 Å². The maximum absolute atomic E-state index is 12.8. The highest BCUT2D eigenvalue weighted by Crippen LogP contribution is 2.17. The van der Waals surface area contributed by atoms with Crippen molar-refractivity contribution in [1.29, 1.82) is 0 Å². The van der Waals surface area contributed by atoms with Crippen LogP contribution in [0.4, 0.5) is 11.4 Å². The molecule has 0 aliphatic heterocycles. The summed E-state index contributed by atoms with van der Waals surface area (Å²) in [6, 6.07) is 11.9. The zero-order valence-corrected chi connectivity index (χ0v) is 18.0. The molecule has 0 saturated carbocycles. The average Bonchev–Trinajstić information content (AvgIpc) is 2.66. The van der Waals surface area contributed by atoms with Crippen LogP contribution < -0.4 is 15.4 Å². The van der Waals surface area contributed by atoms with E-state index in [0.29, 0.717) is 28.4 Å². The molecule has 0 unspecified atom stereocenters. The minimum atomic E-state index is -3.38. The first-order valence-corrected chi connectivity index (χ1v) is 11.3. The number of benzene rings is 2. The predicted molar refractivity (Wildman–Crippen MR) is 116 cm³/mol. The summed E-state index contributed by atoms with van der Waals surface area (Å²) < 4.78 is 24.9. The Bertz CT molecular complexity index is 960. The molecule has 2 amide bonds. The Morgan fingerprint density at radius 2 is 1.55 bits per heavy atom. The Kier molecular flexibility index (Phi) is 7.64. The van der Waals surface area contributed by atoms with E-state index in [1.54, 1.807) is 48.5 Å². The lowest BCUT2D eigenvalue weighted by molar-refractivity contribution is -0.119. The highest BCUT2D eigenvalue weighted by molar-refractivity contribution is 7.92. The number of anilines is 2. The number of sulfonamides is 1. The first kappa shape index (κ1) is 22.7. The summed E-state index contributed by atoms with van der Waals surface area (Å²) in [5.74, 6) is -0.822. The number of halogens is 1. The number of carbonyl (C=O) groups is 2. The number of carbonyl (C=O) groups excluding carboxylic acids is 2. The minimum absolute atomic E-state index is 0.0996. The van der Waals surface area contributed by atoms with Crippen LogP contribution in [0.15, 0.2) is 48.5 Å². The van der Waals surface area contributed by atoms with Crippen LogP contribution in [-0.2, 0) is 14.8 Å². The van der Waals surface area contributed by atoms with E-state index in [9.17, 15) is 18.0 Å². The normalized spacial score (nSPS) is 13.2. The van der Waals surface area contributed by atoms with Crippen LogP contribution in [0, 0.1) is 5.92 Å². The van der Waals surface area contributed by atoms with Gasteiger partial charge in [0, 0.05) is 22.0 Å². The SMILES string of the molecule is CC[C@H](C)[C@H](NC(=O)c1ccc(Cl)cc1)C(=O)Nc1ccc(NS(C)(=O)=O)cc1. The first-order valence-electron chi connectivity index (χ1n) is 9.04. The van der Waals surface area contributed by atoms with Crippen LogP contribution in [-0.4, -0.2) is 32.5 Å². The van der Waals surface area contributed by atoms with E-state index in [1.807, 2.05) is 13.8 Å². The van der Waals surface area contributed by atoms with Crippen molar-refractivity contribution in [3.05, 3.63) is 59.1 Å². The van der Waals surface area contributed by atoms with Gasteiger partial charge in [0.1, 0.15) is 6.04 Å². The molecule has 2 aromatic rings. The van der Waals surface area contributed by atoms with Gasteiger partial charge in [-0.05, 0) is 54.4 Å². The molecule has 2 atom stereocenters. The third kappa shape index (κ3) is 7.07. The second kappa shape index (κ2) is 9.76. The number of rotatable bonds is 8. The molecule has 0 fully saturated rings. The van der Waals surface area contributed by atoms with Gasteiger partial charge in [-0.2, -0.15) is 0 Å². The minimum Gasteiger partial charge on any atom is -0.340 e. The lowest BCUT2D eigenvalue weighted by Gasteiger charge is -2.23. The van der Waals surface area contributed by atoms with E-state index >= 15 is 0 Å². The average molecular weight is 438 g/mol. The van der Waals surface area contributed by atoms with Gasteiger partial charge in [0.15, 0.2) is 0 Å². The summed E-state index contributed by atoms with van der Waals surface area (Å²) in [6.45, 7) is 3.82. The van der Waals surface area contributed by atoms with E-state index in [4.69, 9.17) is 11.6 Å². The second-order valence-electron chi connectivity index (χ2n) is 6.78. The van der Waals surface area contributed by atoms with Crippen LogP contribution in [0.2, 0.25) is 5.02 Å². The molecule has 0 aliphatic carbocycles. The van der Waals surface area contributed by atoms with E-state index in [2.05, 4.69) is 15.4 Å². The van der Waals surface area contributed by atoms with Crippen molar-refractivity contribution in [3.63, 3.8) is 0 Å². The Labute approximate surface area is 175 Å². The van der Waals surface area contributed by atoms with Gasteiger partial charge in [0.05, 0.1) is 6.26 Å². The van der Waals surface area contributed by atoms with Crippen LogP contribution in [0.3, 0.4) is 0 Å². The molecule has 29 heavy (non-hydrogen) atoms. The highest BCUT2D eigenvalue weighted by Gasteiger charge is 2.26. The van der Waals surface area contributed by atoms with Crippen molar-refractivity contribution in [2.24, 2.45) is 5.92 Å². The van der Waals surface area contributed by atoms with Crippen LogP contribution in [0.1, 0.15) is 30.6 Å². The molecule has 156 valence electrons. The third-order valence-corrected chi connectivity index (χ3v) is 5.20. The van der Waals surface area contributed by atoms with Gasteiger partial charge >= 0.3 is 0 Å². The van der Waals surface area contributed by atoms with Crippen LogP contribution in [0.5, 0.6) is 0 Å². The fourth-order valence-corrected chi connectivity index (χ4v) is 3.27. The molecule has 0 heterocycles. The molecular formula is C20H24ClN3O4S. The zero-order valence-electron chi connectivity index (χ0n) is 16.4. The largest absolute Gasteiger partial charge is 0.340 e. The predicted octanol–water partition coefficient (Wildman–Crippen LogP) is 3.49. The Balaban J connectivity index is 2.10. The smallest absolute Gasteiger partial charge is 0.251 e. The molecule has 0 aromatic heterocycles. The van der Waals surface area contributed by atoms with Crippen molar-refractivity contribution in [1.82, 2.24) is 5.32 Å². The summed E-state index contributed by atoms with van der Waals surface area (Å²) in [5.41, 5.74) is 1.29. The van der Waals surface area contributed by atoms with Gasteiger partial charge in [-0.15, -0.1) is 0 Å². The fourth-order valence-electron chi connectivity index (χ4n) is 2.58. The van der Waals surface area contributed by atoms with Crippen molar-refractivity contribution >= 4 is 44.8 Å².